The molecule has 0 saturated heterocycles. The third-order valence-electron chi connectivity index (χ3n) is 8.80. The summed E-state index contributed by atoms with van der Waals surface area (Å²) in [6, 6.07) is 24.4. The average molecular weight is 857 g/mol. The third kappa shape index (κ3) is 8.69. The Hall–Kier alpha value is -6.88. The van der Waals surface area contributed by atoms with Crippen molar-refractivity contribution in [3.05, 3.63) is 115 Å². The first-order valence-electron chi connectivity index (χ1n) is 16.8. The Morgan fingerprint density at radius 3 is 1.49 bits per heavy atom. The molecule has 0 spiro atoms. The number of phenols is 2. The Balaban J connectivity index is 1.14. The fourth-order valence-electron chi connectivity index (χ4n) is 6.08. The topological polar surface area (TPSA) is 294 Å². The minimum Gasteiger partial charge on any atom is -0.505 e. The second-order valence-electron chi connectivity index (χ2n) is 13.0. The molecule has 0 aliphatic heterocycles. The molecule has 2 amide bonds. The zero-order valence-corrected chi connectivity index (χ0v) is 32.4. The Morgan fingerprint density at radius 2 is 1.00 bits per heavy atom. The summed E-state index contributed by atoms with van der Waals surface area (Å²) in [6.07, 6.45) is 0. The molecule has 18 nitrogen and oxygen atoms in total. The van der Waals surface area contributed by atoms with Gasteiger partial charge in [0.05, 0.1) is 16.3 Å². The average Bonchev–Trinajstić information content (AvgIpc) is 3.15. The van der Waals surface area contributed by atoms with Crippen molar-refractivity contribution in [1.29, 1.82) is 0 Å². The molecular formula is C38H28N6O12S3. The van der Waals surface area contributed by atoms with Crippen LogP contribution in [0, 0.1) is 6.92 Å². The molecule has 7 aromatic carbocycles. The zero-order valence-electron chi connectivity index (χ0n) is 30.0. The van der Waals surface area contributed by atoms with E-state index in [1.165, 1.54) is 72.8 Å². The van der Waals surface area contributed by atoms with Gasteiger partial charge in [-0.15, -0.1) is 10.2 Å². The molecule has 7 aromatic rings. The van der Waals surface area contributed by atoms with Crippen molar-refractivity contribution >= 4 is 103 Å². The molecule has 7 N–H and O–H groups in total. The quantitative estimate of drug-likeness (QED) is 0.0528. The summed E-state index contributed by atoms with van der Waals surface area (Å²) < 4.78 is 102. The number of amides is 2. The molecule has 0 heterocycles. The van der Waals surface area contributed by atoms with Crippen LogP contribution in [0.15, 0.2) is 144 Å². The van der Waals surface area contributed by atoms with Gasteiger partial charge < -0.3 is 20.8 Å². The Bertz CT molecular complexity index is 3320. The van der Waals surface area contributed by atoms with E-state index in [0.717, 1.165) is 17.7 Å². The van der Waals surface area contributed by atoms with E-state index in [2.05, 4.69) is 31.1 Å². The lowest BCUT2D eigenvalue weighted by atomic mass is 10.1. The fraction of sp³-hybridized carbons (Fsp3) is 0.0263. The van der Waals surface area contributed by atoms with E-state index in [9.17, 15) is 53.9 Å². The van der Waals surface area contributed by atoms with Crippen molar-refractivity contribution in [3.8, 4) is 11.5 Å². The van der Waals surface area contributed by atoms with E-state index < -0.39 is 69.1 Å². The molecule has 0 atom stereocenters. The van der Waals surface area contributed by atoms with Crippen LogP contribution in [0.4, 0.5) is 38.9 Å². The van der Waals surface area contributed by atoms with Crippen molar-refractivity contribution in [1.82, 2.24) is 0 Å². The number of phenolic OH excluding ortho intramolecular Hbond substituents is 2. The lowest BCUT2D eigenvalue weighted by Crippen LogP contribution is -2.19. The largest absolute Gasteiger partial charge is 0.505 e. The van der Waals surface area contributed by atoms with E-state index in [4.69, 9.17) is 0 Å². The van der Waals surface area contributed by atoms with E-state index in [-0.39, 0.29) is 43.5 Å². The lowest BCUT2D eigenvalue weighted by Gasteiger charge is -2.13. The number of carbonyl (C=O) groups is 1. The Labute approximate surface area is 334 Å². The molecule has 0 radical (unpaired) electrons. The van der Waals surface area contributed by atoms with Crippen molar-refractivity contribution in [2.75, 3.05) is 10.6 Å². The van der Waals surface area contributed by atoms with Crippen LogP contribution in [0.25, 0.3) is 32.3 Å². The maximum Gasteiger partial charge on any atom is 0.323 e. The lowest BCUT2D eigenvalue weighted by molar-refractivity contribution is 0.262. The number of fused-ring (bicyclic) bond motifs is 3. The number of hydrogen-bond acceptors (Lipinski definition) is 13. The van der Waals surface area contributed by atoms with Crippen LogP contribution < -0.4 is 10.6 Å². The summed E-state index contributed by atoms with van der Waals surface area (Å²) in [5.74, 6) is -1.26. The standard InChI is InChI=1S/C38H28N6O12S3/c1-20-3-2-4-27(13-20)41-43-34-32(58(51,52)53)18-23-15-25(8-11-30(23)36(34)45)39-38(47)40-26-9-12-31-24(16-26)19-33(59(54,55)56)35(37(31)46)44-42-28-7-5-22-17-29(57(48,49)50)10-6-21(22)14-28/h2-19,45-46H,1H3,(H2,39,40,47)(H,48,49,50)(H,51,52,53)(H,54,55,56). The molecule has 300 valence electrons. The van der Waals surface area contributed by atoms with Gasteiger partial charge in [0.1, 0.15) is 21.2 Å². The second-order valence-corrected chi connectivity index (χ2v) is 17.2. The van der Waals surface area contributed by atoms with Gasteiger partial charge in [0.2, 0.25) is 0 Å². The maximum absolute atomic E-state index is 13.1. The molecule has 0 unspecified atom stereocenters. The number of aryl methyl sites for hydroxylation is 1. The normalized spacial score (nSPS) is 12.5. The first-order valence-corrected chi connectivity index (χ1v) is 21.1. The number of nitrogens with one attached hydrogen (secondary N) is 2. The van der Waals surface area contributed by atoms with Gasteiger partial charge in [-0.1, -0.05) is 24.3 Å². The van der Waals surface area contributed by atoms with Crippen molar-refractivity contribution in [3.63, 3.8) is 0 Å². The van der Waals surface area contributed by atoms with Gasteiger partial charge in [-0.25, -0.2) is 4.79 Å². The minimum atomic E-state index is -5.01. The predicted molar refractivity (Wildman–Crippen MR) is 217 cm³/mol. The van der Waals surface area contributed by atoms with Gasteiger partial charge in [0.25, 0.3) is 30.4 Å². The summed E-state index contributed by atoms with van der Waals surface area (Å²) in [6.45, 7) is 1.82. The Morgan fingerprint density at radius 1 is 0.508 bits per heavy atom. The van der Waals surface area contributed by atoms with Crippen molar-refractivity contribution in [2.45, 2.75) is 21.6 Å². The van der Waals surface area contributed by atoms with Crippen LogP contribution >= 0.6 is 0 Å². The summed E-state index contributed by atoms with van der Waals surface area (Å²) in [5, 5.41) is 44.3. The summed E-state index contributed by atoms with van der Waals surface area (Å²) in [7, 11) is -14.4. The second kappa shape index (κ2) is 15.1. The number of azo groups is 2. The summed E-state index contributed by atoms with van der Waals surface area (Å²) in [5.41, 5.74) is 0.523. The molecule has 7 rings (SSSR count). The van der Waals surface area contributed by atoms with Crippen LogP contribution in [-0.4, -0.2) is 55.2 Å². The highest BCUT2D eigenvalue weighted by atomic mass is 32.2. The molecule has 0 aliphatic carbocycles. The smallest absolute Gasteiger partial charge is 0.323 e. The van der Waals surface area contributed by atoms with Crippen LogP contribution in [0.3, 0.4) is 0 Å². The van der Waals surface area contributed by atoms with Crippen molar-refractivity contribution < 1.29 is 53.9 Å². The predicted octanol–water partition coefficient (Wildman–Crippen LogP) is 9.08. The van der Waals surface area contributed by atoms with Gasteiger partial charge in [-0.3, -0.25) is 13.7 Å². The number of benzene rings is 7. The number of carbonyl (C=O) groups excluding carboxylic acids is 1. The first kappa shape index (κ1) is 40.3. The molecule has 21 heteroatoms. The molecule has 0 fully saturated rings. The van der Waals surface area contributed by atoms with Crippen LogP contribution in [0.2, 0.25) is 0 Å². The molecule has 0 aliphatic rings. The van der Waals surface area contributed by atoms with Gasteiger partial charge in [0.15, 0.2) is 11.5 Å². The summed E-state index contributed by atoms with van der Waals surface area (Å²) in [4.78, 5) is 11.2. The molecule has 0 aromatic heterocycles. The number of anilines is 2. The van der Waals surface area contributed by atoms with E-state index >= 15 is 0 Å². The zero-order chi connectivity index (χ0) is 42.4. The van der Waals surface area contributed by atoms with E-state index in [1.54, 1.807) is 18.2 Å². The molecule has 59 heavy (non-hydrogen) atoms. The number of rotatable bonds is 9. The highest BCUT2D eigenvalue weighted by Crippen LogP contribution is 2.44. The third-order valence-corrected chi connectivity index (χ3v) is 11.4. The SMILES string of the molecule is Cc1cccc(N=Nc2c(S(=O)(=O)O)cc3cc(NC(=O)Nc4ccc5c(O)c(N=Nc6ccc7cc(S(=O)(=O)O)ccc7c6)c(S(=O)(=O)O)cc5c4)ccc3c2O)c1. The maximum atomic E-state index is 13.1. The fourth-order valence-corrected chi connectivity index (χ4v) is 7.91. The highest BCUT2D eigenvalue weighted by molar-refractivity contribution is 7.86. The van der Waals surface area contributed by atoms with Crippen LogP contribution in [-0.2, 0) is 30.4 Å². The number of urea groups is 1. The van der Waals surface area contributed by atoms with Crippen LogP contribution in [0.1, 0.15) is 5.56 Å². The number of aromatic hydroxyl groups is 2. The minimum absolute atomic E-state index is 0.0569. The van der Waals surface area contributed by atoms with Crippen molar-refractivity contribution in [2.24, 2.45) is 20.5 Å². The number of hydrogen-bond donors (Lipinski definition) is 7. The van der Waals surface area contributed by atoms with E-state index in [1.807, 2.05) is 13.0 Å². The monoisotopic (exact) mass is 856 g/mol. The molecule has 0 saturated carbocycles. The Kier molecular flexibility index (Phi) is 10.3. The van der Waals surface area contributed by atoms with Gasteiger partial charge in [-0.05, 0) is 119 Å². The van der Waals surface area contributed by atoms with E-state index in [0.29, 0.717) is 16.5 Å². The van der Waals surface area contributed by atoms with Gasteiger partial charge >= 0.3 is 6.03 Å². The van der Waals surface area contributed by atoms with Crippen LogP contribution in [0.5, 0.6) is 11.5 Å². The molecular weight excluding hydrogens is 829 g/mol. The van der Waals surface area contributed by atoms with Gasteiger partial charge in [-0.2, -0.15) is 35.5 Å². The van der Waals surface area contributed by atoms with Gasteiger partial charge in [0, 0.05) is 22.1 Å². The number of nitrogens with zero attached hydrogens (tertiary/aromatic N) is 4. The molecule has 0 bridgehead atoms. The summed E-state index contributed by atoms with van der Waals surface area (Å²) >= 11 is 0. The highest BCUT2D eigenvalue weighted by Gasteiger charge is 2.24. The first-order chi connectivity index (χ1) is 27.7.